The van der Waals surface area contributed by atoms with Crippen LogP contribution in [0.25, 0.3) is 0 Å². The van der Waals surface area contributed by atoms with E-state index in [0.29, 0.717) is 27.8 Å². The van der Waals surface area contributed by atoms with Gasteiger partial charge in [0.15, 0.2) is 11.5 Å². The zero-order valence-corrected chi connectivity index (χ0v) is 13.0. The molecular weight excluding hydrogens is 322 g/mol. The van der Waals surface area contributed by atoms with Crippen molar-refractivity contribution in [2.75, 3.05) is 19.0 Å². The van der Waals surface area contributed by atoms with Crippen LogP contribution in [0.2, 0.25) is 0 Å². The quantitative estimate of drug-likeness (QED) is 0.867. The summed E-state index contributed by atoms with van der Waals surface area (Å²) in [6, 6.07) is 7.42. The summed E-state index contributed by atoms with van der Waals surface area (Å²) in [5, 5.41) is 3.12. The van der Waals surface area contributed by atoms with Crippen LogP contribution in [-0.4, -0.2) is 23.6 Å². The zero-order valence-electron chi connectivity index (χ0n) is 11.4. The fraction of sp³-hybridized carbons (Fsp3) is 0.286. The number of para-hydroxylation sites is 2. The van der Waals surface area contributed by atoms with Gasteiger partial charge in [-0.15, -0.1) is 0 Å². The Morgan fingerprint density at radius 2 is 2.00 bits per heavy atom. The summed E-state index contributed by atoms with van der Waals surface area (Å²) >= 11 is 3.38. The first-order chi connectivity index (χ1) is 9.74. The molecule has 0 atom stereocenters. The lowest BCUT2D eigenvalue weighted by atomic mass is 10.3. The molecule has 1 heterocycles. The molecule has 2 rings (SSSR count). The molecule has 0 bridgehead atoms. The number of benzene rings is 1. The lowest BCUT2D eigenvalue weighted by Gasteiger charge is -2.11. The molecule has 6 heteroatoms. The van der Waals surface area contributed by atoms with Crippen LogP contribution in [0.1, 0.15) is 13.3 Å². The van der Waals surface area contributed by atoms with Gasteiger partial charge in [0.1, 0.15) is 0 Å². The number of hydrogen-bond donors (Lipinski definition) is 1. The Labute approximate surface area is 126 Å². The van der Waals surface area contributed by atoms with Gasteiger partial charge in [0, 0.05) is 6.54 Å². The van der Waals surface area contributed by atoms with Gasteiger partial charge < -0.3 is 14.8 Å². The molecule has 0 fully saturated rings. The molecule has 0 radical (unpaired) electrons. The molecule has 2 aromatic rings. The van der Waals surface area contributed by atoms with Crippen molar-refractivity contribution in [1.29, 1.82) is 0 Å². The largest absolute Gasteiger partial charge is 0.493 e. The summed E-state index contributed by atoms with van der Waals surface area (Å²) < 4.78 is 11.7. The van der Waals surface area contributed by atoms with E-state index in [0.717, 1.165) is 13.0 Å². The first-order valence-electron chi connectivity index (χ1n) is 6.32. The van der Waals surface area contributed by atoms with Crippen LogP contribution in [-0.2, 0) is 0 Å². The Balaban J connectivity index is 2.23. The summed E-state index contributed by atoms with van der Waals surface area (Å²) in [6.07, 6.45) is 2.66. The molecule has 1 N–H and O–H groups in total. The zero-order chi connectivity index (χ0) is 14.4. The van der Waals surface area contributed by atoms with E-state index in [2.05, 4.69) is 38.1 Å². The highest BCUT2D eigenvalue weighted by Crippen LogP contribution is 2.33. The predicted molar refractivity (Wildman–Crippen MR) is 81.6 cm³/mol. The number of nitrogens with one attached hydrogen (secondary N) is 1. The first kappa shape index (κ1) is 14.6. The summed E-state index contributed by atoms with van der Waals surface area (Å²) in [7, 11) is 1.60. The van der Waals surface area contributed by atoms with Gasteiger partial charge in [-0.3, -0.25) is 0 Å². The molecular formula is C14H16BrN3O2. The number of nitrogens with zero attached hydrogens (tertiary/aromatic N) is 2. The van der Waals surface area contributed by atoms with Crippen molar-refractivity contribution in [3.63, 3.8) is 0 Å². The predicted octanol–water partition coefficient (Wildman–Crippen LogP) is 3.86. The molecule has 0 aliphatic carbocycles. The SMILES string of the molecule is CCCNc1ncc(Br)c(Oc2ccccc2OC)n1. The Morgan fingerprint density at radius 1 is 1.25 bits per heavy atom. The highest BCUT2D eigenvalue weighted by molar-refractivity contribution is 9.10. The number of halogens is 1. The number of aromatic nitrogens is 2. The van der Waals surface area contributed by atoms with Crippen LogP contribution >= 0.6 is 15.9 Å². The molecule has 1 aromatic carbocycles. The molecule has 0 amide bonds. The van der Waals surface area contributed by atoms with Gasteiger partial charge in [0.25, 0.3) is 0 Å². The minimum Gasteiger partial charge on any atom is -0.493 e. The van der Waals surface area contributed by atoms with Crippen molar-refractivity contribution in [3.8, 4) is 17.4 Å². The standard InChI is InChI=1S/C14H16BrN3O2/c1-3-8-16-14-17-9-10(15)13(18-14)20-12-7-5-4-6-11(12)19-2/h4-7,9H,3,8H2,1-2H3,(H,16,17,18). The van der Waals surface area contributed by atoms with Crippen LogP contribution < -0.4 is 14.8 Å². The lowest BCUT2D eigenvalue weighted by Crippen LogP contribution is -2.05. The molecule has 0 aliphatic rings. The third-order valence-corrected chi connectivity index (χ3v) is 3.06. The maximum absolute atomic E-state index is 5.79. The first-order valence-corrected chi connectivity index (χ1v) is 7.11. The van der Waals surface area contributed by atoms with Crippen molar-refractivity contribution < 1.29 is 9.47 Å². The monoisotopic (exact) mass is 337 g/mol. The smallest absolute Gasteiger partial charge is 0.238 e. The van der Waals surface area contributed by atoms with Gasteiger partial charge in [-0.25, -0.2) is 4.98 Å². The molecule has 0 saturated heterocycles. The van der Waals surface area contributed by atoms with Gasteiger partial charge in [0.2, 0.25) is 11.8 Å². The maximum atomic E-state index is 5.79. The topological polar surface area (TPSA) is 56.3 Å². The fourth-order valence-electron chi connectivity index (χ4n) is 1.55. The number of ether oxygens (including phenoxy) is 2. The van der Waals surface area contributed by atoms with Crippen molar-refractivity contribution in [2.24, 2.45) is 0 Å². The van der Waals surface area contributed by atoms with Crippen LogP contribution in [0.5, 0.6) is 17.4 Å². The summed E-state index contributed by atoms with van der Waals surface area (Å²) in [4.78, 5) is 8.51. The Kier molecular flexibility index (Phi) is 5.17. The lowest BCUT2D eigenvalue weighted by molar-refractivity contribution is 0.373. The number of rotatable bonds is 6. The second-order valence-corrected chi connectivity index (χ2v) is 4.88. The third-order valence-electron chi connectivity index (χ3n) is 2.52. The average molecular weight is 338 g/mol. The van der Waals surface area contributed by atoms with E-state index < -0.39 is 0 Å². The normalized spacial score (nSPS) is 10.2. The molecule has 0 spiro atoms. The van der Waals surface area contributed by atoms with E-state index in [1.807, 2.05) is 24.3 Å². The van der Waals surface area contributed by atoms with Gasteiger partial charge in [0.05, 0.1) is 17.8 Å². The van der Waals surface area contributed by atoms with Gasteiger partial charge in [-0.2, -0.15) is 4.98 Å². The number of anilines is 1. The van der Waals surface area contributed by atoms with E-state index in [1.165, 1.54) is 0 Å². The summed E-state index contributed by atoms with van der Waals surface area (Å²) in [5.74, 6) is 2.25. The molecule has 1 aromatic heterocycles. The number of methoxy groups -OCH3 is 1. The Bertz CT molecular complexity index is 578. The molecule has 106 valence electrons. The molecule has 0 aliphatic heterocycles. The van der Waals surface area contributed by atoms with Crippen molar-refractivity contribution >= 4 is 21.9 Å². The highest BCUT2D eigenvalue weighted by Gasteiger charge is 2.10. The summed E-state index contributed by atoms with van der Waals surface area (Å²) in [5.41, 5.74) is 0. The minimum absolute atomic E-state index is 0.447. The van der Waals surface area contributed by atoms with Crippen molar-refractivity contribution in [1.82, 2.24) is 9.97 Å². The fourth-order valence-corrected chi connectivity index (χ4v) is 1.82. The van der Waals surface area contributed by atoms with E-state index in [1.54, 1.807) is 13.3 Å². The van der Waals surface area contributed by atoms with Crippen LogP contribution in [0.3, 0.4) is 0 Å². The molecule has 20 heavy (non-hydrogen) atoms. The third kappa shape index (κ3) is 3.60. The van der Waals surface area contributed by atoms with Gasteiger partial charge >= 0.3 is 0 Å². The maximum Gasteiger partial charge on any atom is 0.238 e. The molecule has 5 nitrogen and oxygen atoms in total. The van der Waals surface area contributed by atoms with Crippen LogP contribution in [0, 0.1) is 0 Å². The van der Waals surface area contributed by atoms with Crippen molar-refractivity contribution in [2.45, 2.75) is 13.3 Å². The Hall–Kier alpha value is -1.82. The van der Waals surface area contributed by atoms with E-state index in [9.17, 15) is 0 Å². The minimum atomic E-state index is 0.447. The van der Waals surface area contributed by atoms with Crippen LogP contribution in [0.15, 0.2) is 34.9 Å². The summed E-state index contributed by atoms with van der Waals surface area (Å²) in [6.45, 7) is 2.90. The Morgan fingerprint density at radius 3 is 2.70 bits per heavy atom. The van der Waals surface area contributed by atoms with Gasteiger partial charge in [-0.1, -0.05) is 19.1 Å². The molecule has 0 saturated carbocycles. The van der Waals surface area contributed by atoms with E-state index in [-0.39, 0.29) is 0 Å². The highest BCUT2D eigenvalue weighted by atomic mass is 79.9. The average Bonchev–Trinajstić information content (AvgIpc) is 2.48. The number of hydrogen-bond acceptors (Lipinski definition) is 5. The van der Waals surface area contributed by atoms with E-state index in [4.69, 9.17) is 9.47 Å². The van der Waals surface area contributed by atoms with E-state index >= 15 is 0 Å². The van der Waals surface area contributed by atoms with Gasteiger partial charge in [-0.05, 0) is 34.5 Å². The molecule has 0 unspecified atom stereocenters. The van der Waals surface area contributed by atoms with Crippen LogP contribution in [0.4, 0.5) is 5.95 Å². The van der Waals surface area contributed by atoms with Crippen molar-refractivity contribution in [3.05, 3.63) is 34.9 Å². The second-order valence-electron chi connectivity index (χ2n) is 4.03. The second kappa shape index (κ2) is 7.09.